The lowest BCUT2D eigenvalue weighted by Crippen LogP contribution is -2.43. The van der Waals surface area contributed by atoms with Crippen molar-refractivity contribution in [3.05, 3.63) is 111 Å². The molecule has 3 aromatic carbocycles. The molecule has 1 saturated heterocycles. The van der Waals surface area contributed by atoms with Crippen molar-refractivity contribution in [2.75, 3.05) is 13.1 Å². The Morgan fingerprint density at radius 3 is 2.20 bits per heavy atom. The van der Waals surface area contributed by atoms with Gasteiger partial charge in [0.2, 0.25) is 17.7 Å². The number of tetrazole rings is 1. The van der Waals surface area contributed by atoms with E-state index < -0.39 is 29.3 Å². The van der Waals surface area contributed by atoms with Crippen LogP contribution in [0.5, 0.6) is 0 Å². The van der Waals surface area contributed by atoms with E-state index in [1.807, 2.05) is 55.5 Å². The molecular formula is C34H35N9O3. The Labute approximate surface area is 266 Å². The number of hydrogen-bond acceptors (Lipinski definition) is 8. The fraction of sp³-hybridized carbons (Fsp3) is 0.324. The van der Waals surface area contributed by atoms with Crippen LogP contribution in [0.25, 0.3) is 0 Å². The number of aromatic nitrogens is 4. The lowest BCUT2D eigenvalue weighted by Gasteiger charge is -2.38. The van der Waals surface area contributed by atoms with Crippen molar-refractivity contribution in [2.24, 2.45) is 11.5 Å². The van der Waals surface area contributed by atoms with E-state index in [-0.39, 0.29) is 12.5 Å². The van der Waals surface area contributed by atoms with Gasteiger partial charge < -0.3 is 21.7 Å². The Kier molecular flexibility index (Phi) is 8.34. The summed E-state index contributed by atoms with van der Waals surface area (Å²) in [5.41, 5.74) is 16.7. The maximum Gasteiger partial charge on any atom is 0.248 e. The van der Waals surface area contributed by atoms with Crippen molar-refractivity contribution >= 4 is 17.7 Å². The molecular weight excluding hydrogens is 582 g/mol. The van der Waals surface area contributed by atoms with Gasteiger partial charge in [0, 0.05) is 23.7 Å². The number of primary amides is 2. The third-order valence-corrected chi connectivity index (χ3v) is 9.32. The van der Waals surface area contributed by atoms with Gasteiger partial charge in [-0.1, -0.05) is 42.0 Å². The van der Waals surface area contributed by atoms with Crippen LogP contribution in [0.2, 0.25) is 0 Å². The average Bonchev–Trinajstić information content (AvgIpc) is 3.75. The summed E-state index contributed by atoms with van der Waals surface area (Å²) < 4.78 is 0. The van der Waals surface area contributed by atoms with Crippen molar-refractivity contribution in [1.82, 2.24) is 30.8 Å². The molecule has 2 atom stereocenters. The number of amides is 3. The number of nitrogens with one attached hydrogen (secondary N) is 2. The predicted octanol–water partition coefficient (Wildman–Crippen LogP) is 2.37. The second kappa shape index (κ2) is 12.5. The van der Waals surface area contributed by atoms with E-state index in [1.54, 1.807) is 17.0 Å². The molecule has 6 rings (SSSR count). The Hall–Kier alpha value is -5.41. The maximum absolute atomic E-state index is 13.4. The molecule has 46 heavy (non-hydrogen) atoms. The zero-order valence-electron chi connectivity index (χ0n) is 25.5. The Morgan fingerprint density at radius 1 is 1.02 bits per heavy atom. The molecule has 2 heterocycles. The van der Waals surface area contributed by atoms with Gasteiger partial charge in [-0.25, -0.2) is 5.10 Å². The van der Waals surface area contributed by atoms with E-state index in [0.717, 1.165) is 39.8 Å². The van der Waals surface area contributed by atoms with Gasteiger partial charge in [0.05, 0.1) is 18.0 Å². The van der Waals surface area contributed by atoms with E-state index in [0.29, 0.717) is 49.2 Å². The number of nitrogens with two attached hydrogens (primary N) is 2. The third-order valence-electron chi connectivity index (χ3n) is 9.32. The molecule has 12 nitrogen and oxygen atoms in total. The Morgan fingerprint density at radius 2 is 1.65 bits per heavy atom. The zero-order chi connectivity index (χ0) is 32.4. The highest BCUT2D eigenvalue weighted by atomic mass is 16.2. The van der Waals surface area contributed by atoms with Crippen LogP contribution < -0.4 is 16.8 Å². The van der Waals surface area contributed by atoms with Crippen LogP contribution >= 0.6 is 0 Å². The topological polar surface area (TPSA) is 197 Å². The molecule has 0 saturated carbocycles. The molecule has 0 radical (unpaired) electrons. The van der Waals surface area contributed by atoms with Gasteiger partial charge in [-0.3, -0.25) is 14.4 Å². The summed E-state index contributed by atoms with van der Waals surface area (Å²) in [7, 11) is 0. The maximum atomic E-state index is 13.4. The second-order valence-corrected chi connectivity index (χ2v) is 12.1. The number of hydrogen-bond donors (Lipinski definition) is 4. The number of carbonyl (C=O) groups is 3. The number of carbonyl (C=O) groups excluding carboxylic acids is 3. The standard InChI is InChI=1S/C34H35N9O3/c1-20-4-6-21(7-5-20)29(38-19-30(44)43-14-2-3-26(43)18-35)17-34(33-39-41-42-40-33)27-12-10-24(31(36)45)15-22(27)8-9-23-16-25(32(37)46)11-13-28(23)34/h4-7,10-13,15-16,26,29,38H,2-3,8-9,14,17,19H2,1H3,(H2,36,45)(H2,37,46)(H,39,40,41,42)/t26?,29-/m0/s1. The Balaban J connectivity index is 1.53. The monoisotopic (exact) mass is 617 g/mol. The van der Waals surface area contributed by atoms with Gasteiger partial charge in [0.1, 0.15) is 6.04 Å². The Bertz CT molecular complexity index is 1760. The number of likely N-dealkylation sites (tertiary alicyclic amines) is 1. The summed E-state index contributed by atoms with van der Waals surface area (Å²) in [6.45, 7) is 2.58. The summed E-state index contributed by atoms with van der Waals surface area (Å²) in [5, 5.41) is 28.5. The van der Waals surface area contributed by atoms with Crippen molar-refractivity contribution in [3.63, 3.8) is 0 Å². The van der Waals surface area contributed by atoms with E-state index >= 15 is 0 Å². The van der Waals surface area contributed by atoms with Gasteiger partial charge in [-0.2, -0.15) is 5.26 Å². The molecule has 4 aromatic rings. The minimum absolute atomic E-state index is 0.0163. The highest BCUT2D eigenvalue weighted by Gasteiger charge is 2.46. The number of H-pyrrole nitrogens is 1. The van der Waals surface area contributed by atoms with Crippen molar-refractivity contribution in [1.29, 1.82) is 5.26 Å². The minimum Gasteiger partial charge on any atom is -0.366 e. The number of benzene rings is 3. The first-order valence-electron chi connectivity index (χ1n) is 15.3. The molecule has 234 valence electrons. The molecule has 1 aromatic heterocycles. The van der Waals surface area contributed by atoms with Gasteiger partial charge in [-0.05, 0) is 102 Å². The number of aromatic amines is 1. The molecule has 3 amide bonds. The summed E-state index contributed by atoms with van der Waals surface area (Å²) in [6, 6.07) is 20.3. The number of fused-ring (bicyclic) bond motifs is 2. The van der Waals surface area contributed by atoms with E-state index in [9.17, 15) is 19.6 Å². The highest BCUT2D eigenvalue weighted by molar-refractivity contribution is 5.94. The lowest BCUT2D eigenvalue weighted by molar-refractivity contribution is -0.130. The van der Waals surface area contributed by atoms with Crippen molar-refractivity contribution < 1.29 is 14.4 Å². The van der Waals surface area contributed by atoms with Crippen LogP contribution in [0, 0.1) is 18.3 Å². The largest absolute Gasteiger partial charge is 0.366 e. The molecule has 1 aliphatic heterocycles. The van der Waals surface area contributed by atoms with Crippen LogP contribution in [0.4, 0.5) is 0 Å². The first-order valence-corrected chi connectivity index (χ1v) is 15.3. The summed E-state index contributed by atoms with van der Waals surface area (Å²) >= 11 is 0. The zero-order valence-corrected chi connectivity index (χ0v) is 25.5. The second-order valence-electron chi connectivity index (χ2n) is 12.1. The fourth-order valence-electron chi connectivity index (χ4n) is 6.99. The van der Waals surface area contributed by atoms with Gasteiger partial charge in [0.25, 0.3) is 0 Å². The quantitative estimate of drug-likeness (QED) is 0.219. The van der Waals surface area contributed by atoms with Gasteiger partial charge in [-0.15, -0.1) is 5.10 Å². The van der Waals surface area contributed by atoms with Crippen LogP contribution in [0.15, 0.2) is 60.7 Å². The third kappa shape index (κ3) is 5.61. The summed E-state index contributed by atoms with van der Waals surface area (Å²) in [4.78, 5) is 39.6. The summed E-state index contributed by atoms with van der Waals surface area (Å²) in [5.74, 6) is -0.758. The van der Waals surface area contributed by atoms with Crippen LogP contribution in [-0.4, -0.2) is 62.4 Å². The highest BCUT2D eigenvalue weighted by Crippen LogP contribution is 2.49. The number of rotatable bonds is 9. The molecule has 2 aliphatic rings. The molecule has 0 spiro atoms. The number of aryl methyl sites for hydroxylation is 3. The fourth-order valence-corrected chi connectivity index (χ4v) is 6.99. The van der Waals surface area contributed by atoms with E-state index in [2.05, 4.69) is 32.0 Å². The molecule has 1 aliphatic carbocycles. The van der Waals surface area contributed by atoms with Gasteiger partial charge >= 0.3 is 0 Å². The average molecular weight is 618 g/mol. The normalized spacial score (nSPS) is 17.3. The van der Waals surface area contributed by atoms with E-state index in [1.165, 1.54) is 0 Å². The van der Waals surface area contributed by atoms with Crippen LogP contribution in [0.1, 0.15) is 85.2 Å². The minimum atomic E-state index is -1.02. The summed E-state index contributed by atoms with van der Waals surface area (Å²) in [6.07, 6.45) is 2.93. The van der Waals surface area contributed by atoms with Gasteiger partial charge in [0.15, 0.2) is 5.82 Å². The number of nitrogens with zero attached hydrogens (tertiary/aromatic N) is 5. The predicted molar refractivity (Wildman–Crippen MR) is 168 cm³/mol. The number of nitriles is 1. The first-order chi connectivity index (χ1) is 22.2. The van der Waals surface area contributed by atoms with Crippen molar-refractivity contribution in [2.45, 2.75) is 56.5 Å². The van der Waals surface area contributed by atoms with E-state index in [4.69, 9.17) is 11.5 Å². The van der Waals surface area contributed by atoms with Crippen LogP contribution in [-0.2, 0) is 23.1 Å². The van der Waals surface area contributed by atoms with Crippen molar-refractivity contribution in [3.8, 4) is 6.07 Å². The SMILES string of the molecule is Cc1ccc([C@H](CC2(c3nnn[nH]3)c3ccc(C(N)=O)cc3CCc3cc(C(N)=O)ccc32)NCC(=O)N2CCCC2C#N)cc1. The molecule has 1 unspecified atom stereocenters. The lowest BCUT2D eigenvalue weighted by atomic mass is 9.67. The van der Waals surface area contributed by atoms with Crippen LogP contribution in [0.3, 0.4) is 0 Å². The molecule has 12 heteroatoms. The molecule has 6 N–H and O–H groups in total. The molecule has 1 fully saturated rings. The molecule has 0 bridgehead atoms. The smallest absolute Gasteiger partial charge is 0.248 e. The first kappa shape index (κ1) is 30.6.